The Morgan fingerprint density at radius 1 is 1.04 bits per heavy atom. The molecule has 0 aromatic heterocycles. The van der Waals surface area contributed by atoms with E-state index in [9.17, 15) is 15.0 Å². The third-order valence-electron chi connectivity index (χ3n) is 8.78. The van der Waals surface area contributed by atoms with Crippen molar-refractivity contribution in [1.29, 1.82) is 0 Å². The first-order valence-corrected chi connectivity index (χ1v) is 9.74. The molecule has 0 aliphatic heterocycles. The minimum Gasteiger partial charge on any atom is -0.393 e. The maximum absolute atomic E-state index is 12.5. The molecule has 4 saturated carbocycles. The minimum absolute atomic E-state index is 0.0474. The Labute approximate surface area is 145 Å². The van der Waals surface area contributed by atoms with Crippen LogP contribution < -0.4 is 0 Å². The van der Waals surface area contributed by atoms with Crippen LogP contribution in [0, 0.1) is 34.5 Å². The lowest BCUT2D eigenvalue weighted by molar-refractivity contribution is -0.213. The molecule has 4 aliphatic rings. The van der Waals surface area contributed by atoms with Crippen molar-refractivity contribution in [3.8, 4) is 0 Å². The summed E-state index contributed by atoms with van der Waals surface area (Å²) in [5, 5.41) is 22.0. The topological polar surface area (TPSA) is 66.8 Å². The Balaban J connectivity index is 1.69. The second-order valence-corrected chi connectivity index (χ2v) is 9.42. The molecule has 24 heavy (non-hydrogen) atoms. The summed E-state index contributed by atoms with van der Waals surface area (Å²) in [5.41, 5.74) is -0.427. The predicted molar refractivity (Wildman–Crippen MR) is 90.3 cm³/mol. The van der Waals surface area contributed by atoms with Crippen LogP contribution in [0.15, 0.2) is 0 Å². The Bertz CT molecular complexity index is 534. The quantitative estimate of drug-likeness (QED) is 0.772. The molecule has 0 heterocycles. The summed E-state index contributed by atoms with van der Waals surface area (Å²) >= 11 is 0. The normalized spacial score (nSPS) is 57.2. The van der Waals surface area contributed by atoms with Crippen molar-refractivity contribution in [2.45, 2.75) is 77.1 Å². The van der Waals surface area contributed by atoms with Crippen molar-refractivity contribution in [2.75, 3.05) is 7.11 Å². The van der Waals surface area contributed by atoms with Crippen molar-refractivity contribution in [1.82, 2.24) is 0 Å². The molecule has 0 saturated heterocycles. The molecular formula is C20H32O4. The van der Waals surface area contributed by atoms with E-state index >= 15 is 0 Å². The SMILES string of the molecule is CO[C@H]1C[C@@H]2[C@@H](O)C[C@@H]3[C@@H](CC[C@]4(C)C(=O)CC[C@H]34)[C@@]2(C)[C@@H](O)C1. The zero-order valence-electron chi connectivity index (χ0n) is 15.2. The van der Waals surface area contributed by atoms with Gasteiger partial charge in [0.2, 0.25) is 0 Å². The molecule has 4 heteroatoms. The summed E-state index contributed by atoms with van der Waals surface area (Å²) in [7, 11) is 1.70. The fraction of sp³-hybridized carbons (Fsp3) is 0.950. The fourth-order valence-corrected chi connectivity index (χ4v) is 7.27. The highest BCUT2D eigenvalue weighted by atomic mass is 16.5. The molecule has 4 aliphatic carbocycles. The third-order valence-corrected chi connectivity index (χ3v) is 8.78. The average molecular weight is 336 g/mol. The van der Waals surface area contributed by atoms with Crippen LogP contribution in [0.5, 0.6) is 0 Å². The van der Waals surface area contributed by atoms with Crippen molar-refractivity contribution in [2.24, 2.45) is 34.5 Å². The number of aliphatic hydroxyl groups is 2. The van der Waals surface area contributed by atoms with Crippen molar-refractivity contribution in [3.63, 3.8) is 0 Å². The summed E-state index contributed by atoms with van der Waals surface area (Å²) in [6.07, 6.45) is 5.18. The molecule has 0 radical (unpaired) electrons. The van der Waals surface area contributed by atoms with E-state index in [2.05, 4.69) is 13.8 Å². The van der Waals surface area contributed by atoms with Crippen LogP contribution in [0.25, 0.3) is 0 Å². The molecule has 0 spiro atoms. The highest BCUT2D eigenvalue weighted by Gasteiger charge is 2.64. The molecule has 136 valence electrons. The summed E-state index contributed by atoms with van der Waals surface area (Å²) in [4.78, 5) is 12.5. The molecule has 9 atom stereocenters. The number of carbonyl (C=O) groups is 1. The van der Waals surface area contributed by atoms with Gasteiger partial charge in [-0.2, -0.15) is 0 Å². The van der Waals surface area contributed by atoms with Gasteiger partial charge in [-0.1, -0.05) is 13.8 Å². The number of hydrogen-bond acceptors (Lipinski definition) is 4. The van der Waals surface area contributed by atoms with Gasteiger partial charge in [-0.15, -0.1) is 0 Å². The molecule has 2 N–H and O–H groups in total. The highest BCUT2D eigenvalue weighted by molar-refractivity contribution is 5.87. The largest absolute Gasteiger partial charge is 0.393 e. The van der Waals surface area contributed by atoms with Gasteiger partial charge < -0.3 is 14.9 Å². The van der Waals surface area contributed by atoms with Crippen molar-refractivity contribution < 1.29 is 19.7 Å². The van der Waals surface area contributed by atoms with Gasteiger partial charge in [0.15, 0.2) is 0 Å². The fourth-order valence-electron chi connectivity index (χ4n) is 7.27. The summed E-state index contributed by atoms with van der Waals surface area (Å²) < 4.78 is 5.52. The highest BCUT2D eigenvalue weighted by Crippen LogP contribution is 2.65. The molecule has 4 rings (SSSR count). The number of Topliss-reactive ketones (excluding diaryl/α,β-unsaturated/α-hetero) is 1. The molecule has 0 amide bonds. The van der Waals surface area contributed by atoms with Gasteiger partial charge in [-0.05, 0) is 55.8 Å². The molecule has 4 fully saturated rings. The number of fused-ring (bicyclic) bond motifs is 5. The summed E-state index contributed by atoms with van der Waals surface area (Å²) in [6.45, 7) is 4.36. The first-order chi connectivity index (χ1) is 11.3. The van der Waals surface area contributed by atoms with Gasteiger partial charge >= 0.3 is 0 Å². The molecular weight excluding hydrogens is 304 g/mol. The number of rotatable bonds is 1. The first-order valence-electron chi connectivity index (χ1n) is 9.74. The number of ether oxygens (including phenoxy) is 1. The van der Waals surface area contributed by atoms with Gasteiger partial charge in [0.05, 0.1) is 18.3 Å². The molecule has 0 bridgehead atoms. The third kappa shape index (κ3) is 2.05. The monoisotopic (exact) mass is 336 g/mol. The predicted octanol–water partition coefficient (Wildman–Crippen LogP) is 2.55. The second kappa shape index (κ2) is 5.52. The van der Waals surface area contributed by atoms with Crippen LogP contribution in [0.2, 0.25) is 0 Å². The van der Waals surface area contributed by atoms with E-state index < -0.39 is 6.10 Å². The van der Waals surface area contributed by atoms with E-state index in [0.29, 0.717) is 36.4 Å². The summed E-state index contributed by atoms with van der Waals surface area (Å²) in [6, 6.07) is 0. The first kappa shape index (κ1) is 17.0. The number of aliphatic hydroxyl groups excluding tert-OH is 2. The van der Waals surface area contributed by atoms with Crippen LogP contribution in [-0.4, -0.2) is 41.4 Å². The van der Waals surface area contributed by atoms with E-state index in [4.69, 9.17) is 4.74 Å². The zero-order valence-corrected chi connectivity index (χ0v) is 15.2. The number of hydrogen-bond donors (Lipinski definition) is 2. The van der Waals surface area contributed by atoms with Crippen LogP contribution in [-0.2, 0) is 9.53 Å². The number of carbonyl (C=O) groups excluding carboxylic acids is 1. The zero-order chi connectivity index (χ0) is 17.3. The van der Waals surface area contributed by atoms with E-state index in [-0.39, 0.29) is 29.0 Å². The number of methoxy groups -OCH3 is 1. The maximum Gasteiger partial charge on any atom is 0.139 e. The van der Waals surface area contributed by atoms with Gasteiger partial charge in [-0.3, -0.25) is 4.79 Å². The van der Waals surface area contributed by atoms with E-state index in [1.54, 1.807) is 7.11 Å². The summed E-state index contributed by atoms with van der Waals surface area (Å²) in [5.74, 6) is 1.72. The second-order valence-electron chi connectivity index (χ2n) is 9.42. The smallest absolute Gasteiger partial charge is 0.139 e. The number of ketones is 1. The van der Waals surface area contributed by atoms with Gasteiger partial charge in [0, 0.05) is 30.8 Å². The van der Waals surface area contributed by atoms with Gasteiger partial charge in [0.1, 0.15) is 5.78 Å². The van der Waals surface area contributed by atoms with E-state index in [0.717, 1.165) is 32.1 Å². The maximum atomic E-state index is 12.5. The Kier molecular flexibility index (Phi) is 3.91. The minimum atomic E-state index is -0.426. The molecule has 0 aromatic rings. The molecule has 0 aromatic carbocycles. The van der Waals surface area contributed by atoms with Crippen LogP contribution in [0.1, 0.15) is 58.8 Å². The Morgan fingerprint density at radius 2 is 1.79 bits per heavy atom. The Morgan fingerprint density at radius 3 is 2.50 bits per heavy atom. The van der Waals surface area contributed by atoms with Crippen LogP contribution >= 0.6 is 0 Å². The van der Waals surface area contributed by atoms with Crippen molar-refractivity contribution >= 4 is 5.78 Å². The van der Waals surface area contributed by atoms with E-state index in [1.165, 1.54) is 0 Å². The van der Waals surface area contributed by atoms with Crippen molar-refractivity contribution in [3.05, 3.63) is 0 Å². The average Bonchev–Trinajstić information content (AvgIpc) is 2.85. The lowest BCUT2D eigenvalue weighted by Gasteiger charge is -2.62. The van der Waals surface area contributed by atoms with Crippen LogP contribution in [0.3, 0.4) is 0 Å². The lowest BCUT2D eigenvalue weighted by atomic mass is 9.44. The lowest BCUT2D eigenvalue weighted by Crippen LogP contribution is -2.63. The van der Waals surface area contributed by atoms with Gasteiger partial charge in [0.25, 0.3) is 0 Å². The van der Waals surface area contributed by atoms with Gasteiger partial charge in [-0.25, -0.2) is 0 Å². The van der Waals surface area contributed by atoms with E-state index in [1.807, 2.05) is 0 Å². The molecule has 0 unspecified atom stereocenters. The standard InChI is InChI=1S/C20H32O4/c1-19-7-6-14-12(13(19)4-5-17(19)22)10-16(21)15-8-11(24-3)9-18(23)20(14,15)2/h11-16,18,21,23H,4-10H2,1-3H3/t11-,12-,13+,14+,15+,16-,18-,19-,20+/m0/s1. The Hall–Kier alpha value is -0.450. The van der Waals surface area contributed by atoms with Crippen LogP contribution in [0.4, 0.5) is 0 Å². The molecule has 4 nitrogen and oxygen atoms in total.